The Labute approximate surface area is 174 Å². The molecule has 4 fully saturated rings. The monoisotopic (exact) mass is 410 g/mol. The largest absolute Gasteiger partial charge is 0.481 e. The van der Waals surface area contributed by atoms with E-state index < -0.39 is 12.1 Å². The third-order valence-electron chi connectivity index (χ3n) is 10.3. The van der Waals surface area contributed by atoms with E-state index in [1.165, 1.54) is 0 Å². The van der Waals surface area contributed by atoms with E-state index >= 15 is 0 Å². The highest BCUT2D eigenvalue weighted by Crippen LogP contribution is 2.68. The number of rotatable bonds is 4. The SMILES string of the molecule is C[C@H](CCC(=O)O)[C@H]1CC[C@H]2[C@@H]3[C@H](O)C[C@@H]4[13CH2][13C@H](O)CC[C@]4(C)[C@H]3C[C@H](O)[C@]12C. The molecule has 0 aliphatic heterocycles. The van der Waals surface area contributed by atoms with Gasteiger partial charge in [-0.2, -0.15) is 0 Å². The molecule has 0 heterocycles. The van der Waals surface area contributed by atoms with Crippen molar-refractivity contribution in [3.63, 3.8) is 0 Å². The summed E-state index contributed by atoms with van der Waals surface area (Å²) in [5, 5.41) is 42.0. The zero-order chi connectivity index (χ0) is 21.1. The molecule has 0 aromatic heterocycles. The first-order chi connectivity index (χ1) is 13.6. The van der Waals surface area contributed by atoms with Crippen LogP contribution < -0.4 is 0 Å². The van der Waals surface area contributed by atoms with Crippen molar-refractivity contribution in [3.05, 3.63) is 0 Å². The van der Waals surface area contributed by atoms with E-state index in [2.05, 4.69) is 20.8 Å². The summed E-state index contributed by atoms with van der Waals surface area (Å²) in [5.41, 5.74) is -0.143. The normalized spacial score (nSPS) is 52.9. The Morgan fingerprint density at radius 2 is 1.76 bits per heavy atom. The molecule has 4 saturated carbocycles. The minimum absolute atomic E-state index is 0.0957. The van der Waals surface area contributed by atoms with Crippen molar-refractivity contribution in [2.24, 2.45) is 46.3 Å². The van der Waals surface area contributed by atoms with Gasteiger partial charge in [-0.05, 0) is 97.7 Å². The second-order valence-electron chi connectivity index (χ2n) is 11.4. The quantitative estimate of drug-likeness (QED) is 0.532. The lowest BCUT2D eigenvalue weighted by Gasteiger charge is -2.63. The molecule has 0 radical (unpaired) electrons. The fraction of sp³-hybridized carbons (Fsp3) is 0.958. The lowest BCUT2D eigenvalue weighted by atomic mass is 9.45. The molecule has 4 aliphatic rings. The molecule has 0 saturated heterocycles. The van der Waals surface area contributed by atoms with Crippen LogP contribution in [0.4, 0.5) is 0 Å². The first kappa shape index (κ1) is 21.6. The van der Waals surface area contributed by atoms with E-state index in [1.54, 1.807) is 0 Å². The maximum Gasteiger partial charge on any atom is 0.303 e. The minimum atomic E-state index is -0.748. The number of fused-ring (bicyclic) bond motifs is 5. The van der Waals surface area contributed by atoms with Gasteiger partial charge in [0.15, 0.2) is 0 Å². The predicted molar refractivity (Wildman–Crippen MR) is 110 cm³/mol. The highest BCUT2D eigenvalue weighted by atomic mass is 16.4. The molecule has 0 aromatic rings. The maximum absolute atomic E-state index is 11.5. The van der Waals surface area contributed by atoms with Gasteiger partial charge in [-0.3, -0.25) is 4.79 Å². The van der Waals surface area contributed by atoms with Crippen molar-refractivity contribution >= 4 is 5.97 Å². The van der Waals surface area contributed by atoms with Gasteiger partial charge in [0, 0.05) is 6.42 Å². The molecule has 5 heteroatoms. The molecule has 0 aromatic carbocycles. The molecule has 0 unspecified atom stereocenters. The van der Waals surface area contributed by atoms with Gasteiger partial charge in [0.25, 0.3) is 0 Å². The van der Waals surface area contributed by atoms with E-state index in [9.17, 15) is 20.1 Å². The summed E-state index contributed by atoms with van der Waals surface area (Å²) >= 11 is 0. The summed E-state index contributed by atoms with van der Waals surface area (Å²) in [6.07, 6.45) is 6.00. The number of aliphatic carboxylic acids is 1. The Bertz CT molecular complexity index is 637. The van der Waals surface area contributed by atoms with Crippen molar-refractivity contribution in [2.75, 3.05) is 0 Å². The van der Waals surface area contributed by atoms with Crippen LogP contribution in [0.25, 0.3) is 0 Å². The number of carbonyl (C=O) groups is 1. The van der Waals surface area contributed by atoms with Crippen molar-refractivity contribution < 1.29 is 25.2 Å². The molecule has 0 amide bonds. The molecule has 11 atom stereocenters. The number of carboxylic acid groups (broad SMARTS) is 1. The third-order valence-corrected chi connectivity index (χ3v) is 10.3. The molecule has 29 heavy (non-hydrogen) atoms. The Balaban J connectivity index is 1.61. The molecule has 0 spiro atoms. The van der Waals surface area contributed by atoms with E-state index in [-0.39, 0.29) is 41.3 Å². The first-order valence-electron chi connectivity index (χ1n) is 11.8. The smallest absolute Gasteiger partial charge is 0.303 e. The Morgan fingerprint density at radius 3 is 2.45 bits per heavy atom. The van der Waals surface area contributed by atoms with E-state index in [4.69, 9.17) is 5.11 Å². The molecule has 166 valence electrons. The van der Waals surface area contributed by atoms with Crippen LogP contribution >= 0.6 is 0 Å². The van der Waals surface area contributed by atoms with Gasteiger partial charge in [0.1, 0.15) is 0 Å². The lowest BCUT2D eigenvalue weighted by molar-refractivity contribution is -0.207. The number of aliphatic hydroxyl groups excluding tert-OH is 3. The van der Waals surface area contributed by atoms with E-state index in [0.29, 0.717) is 30.1 Å². The van der Waals surface area contributed by atoms with Crippen molar-refractivity contribution in [1.82, 2.24) is 0 Å². The average molecular weight is 411 g/mol. The van der Waals surface area contributed by atoms with Crippen LogP contribution in [0.15, 0.2) is 0 Å². The highest BCUT2D eigenvalue weighted by molar-refractivity contribution is 5.66. The van der Waals surface area contributed by atoms with Gasteiger partial charge >= 0.3 is 5.97 Å². The van der Waals surface area contributed by atoms with Crippen molar-refractivity contribution in [2.45, 2.75) is 96.9 Å². The summed E-state index contributed by atoms with van der Waals surface area (Å²) in [6, 6.07) is 0. The Kier molecular flexibility index (Phi) is 5.57. The molecule has 4 N–H and O–H groups in total. The number of aliphatic hydroxyl groups is 3. The van der Waals surface area contributed by atoms with Gasteiger partial charge in [-0.15, -0.1) is 0 Å². The fourth-order valence-corrected chi connectivity index (χ4v) is 8.68. The lowest BCUT2D eigenvalue weighted by Crippen LogP contribution is -2.62. The standard InChI is InChI=1S/C24H40O5/c1-13(4-7-21(28)29)16-5-6-17-22-18(12-20(27)24(16,17)3)23(2)9-8-15(25)10-14(23)11-19(22)26/h13-20,22,25-27H,4-12H2,1-3H3,(H,28,29)/t13-,14+,15-,16-,17+,18+,19-,20+,22+,23+,24-/m1/s1/i10+1,15+1. The van der Waals surface area contributed by atoms with Crippen LogP contribution in [-0.2, 0) is 4.79 Å². The van der Waals surface area contributed by atoms with Crippen LogP contribution in [0.1, 0.15) is 78.6 Å². The van der Waals surface area contributed by atoms with Gasteiger partial charge in [-0.25, -0.2) is 0 Å². The summed E-state index contributed by atoms with van der Waals surface area (Å²) in [5.74, 6) is 0.997. The average Bonchev–Trinajstić information content (AvgIpc) is 3.01. The zero-order valence-electron chi connectivity index (χ0n) is 18.3. The van der Waals surface area contributed by atoms with Crippen LogP contribution in [0.3, 0.4) is 0 Å². The van der Waals surface area contributed by atoms with Crippen LogP contribution in [0.2, 0.25) is 0 Å². The van der Waals surface area contributed by atoms with Gasteiger partial charge < -0.3 is 20.4 Å². The van der Waals surface area contributed by atoms with E-state index in [1.807, 2.05) is 0 Å². The summed E-state index contributed by atoms with van der Waals surface area (Å²) in [4.78, 5) is 11.1. The second-order valence-corrected chi connectivity index (χ2v) is 11.4. The van der Waals surface area contributed by atoms with Crippen molar-refractivity contribution in [1.29, 1.82) is 0 Å². The molecule has 4 rings (SSSR count). The predicted octanol–water partition coefficient (Wildman–Crippen LogP) is 3.45. The number of hydrogen-bond donors (Lipinski definition) is 4. The summed E-state index contributed by atoms with van der Waals surface area (Å²) in [7, 11) is 0. The Hall–Kier alpha value is -0.650. The van der Waals surface area contributed by atoms with Crippen LogP contribution in [0.5, 0.6) is 0 Å². The molecule has 5 nitrogen and oxygen atoms in total. The number of hydrogen-bond acceptors (Lipinski definition) is 4. The minimum Gasteiger partial charge on any atom is -0.481 e. The zero-order valence-corrected chi connectivity index (χ0v) is 18.3. The van der Waals surface area contributed by atoms with Crippen LogP contribution in [-0.4, -0.2) is 44.7 Å². The van der Waals surface area contributed by atoms with Gasteiger partial charge in [0.2, 0.25) is 0 Å². The molecule has 0 bridgehead atoms. The molecular formula is C24H40O5. The molecule has 4 aliphatic carbocycles. The van der Waals surface area contributed by atoms with Crippen molar-refractivity contribution in [3.8, 4) is 0 Å². The van der Waals surface area contributed by atoms with Crippen LogP contribution in [0, 0.1) is 46.3 Å². The number of carboxylic acids is 1. The van der Waals surface area contributed by atoms with Gasteiger partial charge in [-0.1, -0.05) is 20.8 Å². The first-order valence-corrected chi connectivity index (χ1v) is 11.8. The summed E-state index contributed by atoms with van der Waals surface area (Å²) < 4.78 is 0. The third kappa shape index (κ3) is 3.27. The maximum atomic E-state index is 11.5. The summed E-state index contributed by atoms with van der Waals surface area (Å²) in [6.45, 7) is 6.72. The van der Waals surface area contributed by atoms with Gasteiger partial charge in [0.05, 0.1) is 18.3 Å². The molecular weight excluding hydrogens is 370 g/mol. The Morgan fingerprint density at radius 1 is 1.03 bits per heavy atom. The topological polar surface area (TPSA) is 98.0 Å². The van der Waals surface area contributed by atoms with E-state index in [0.717, 1.165) is 44.9 Å². The second kappa shape index (κ2) is 7.49. The fourth-order valence-electron chi connectivity index (χ4n) is 8.68. The highest BCUT2D eigenvalue weighted by Gasteiger charge is 2.65.